The number of pyridine rings is 1. The molecule has 2 heterocycles. The molecule has 1 saturated heterocycles. The summed E-state index contributed by atoms with van der Waals surface area (Å²) in [6, 6.07) is 37.1. The van der Waals surface area contributed by atoms with Crippen LogP contribution >= 0.6 is 0 Å². The van der Waals surface area contributed by atoms with E-state index in [1.165, 1.54) is 4.31 Å². The number of aliphatic hydroxyl groups is 1. The van der Waals surface area contributed by atoms with E-state index in [2.05, 4.69) is 5.32 Å². The number of hydrogen-bond donors (Lipinski definition) is 2. The molecule has 2 aliphatic rings. The molecule has 0 unspecified atom stereocenters. The lowest BCUT2D eigenvalue weighted by Crippen LogP contribution is -2.37. The highest BCUT2D eigenvalue weighted by molar-refractivity contribution is 7.89. The van der Waals surface area contributed by atoms with E-state index in [9.17, 15) is 18.3 Å². The van der Waals surface area contributed by atoms with Crippen molar-refractivity contribution in [2.75, 3.05) is 18.5 Å². The fraction of sp³-hybridized carbons (Fsp3) is 0.250. The second kappa shape index (κ2) is 14.4. The number of amides is 1. The largest absolute Gasteiger partial charge is 0.485 e. The Kier molecular flexibility index (Phi) is 9.67. The molecule has 1 aromatic heterocycles. The number of hydrogen-bond acceptors (Lipinski definition) is 7. The smallest absolute Gasteiger partial charge is 0.243 e. The number of aromatic nitrogens is 1. The molecule has 256 valence electrons. The van der Waals surface area contributed by atoms with E-state index in [1.807, 2.05) is 91.0 Å². The Morgan fingerprint density at radius 3 is 2.12 bits per heavy atom. The average molecular weight is 690 g/mol. The highest BCUT2D eigenvalue weighted by Gasteiger charge is 2.51. The van der Waals surface area contributed by atoms with Crippen LogP contribution in [0, 0.1) is 0 Å². The van der Waals surface area contributed by atoms with E-state index in [4.69, 9.17) is 14.5 Å². The van der Waals surface area contributed by atoms with Crippen molar-refractivity contribution in [3.63, 3.8) is 0 Å². The lowest BCUT2D eigenvalue weighted by molar-refractivity contribution is -0.118. The number of nitrogens with zero attached hydrogens (tertiary/aromatic N) is 2. The van der Waals surface area contributed by atoms with Crippen molar-refractivity contribution in [3.8, 4) is 22.8 Å². The first-order valence-corrected chi connectivity index (χ1v) is 18.3. The Morgan fingerprint density at radius 1 is 0.820 bits per heavy atom. The van der Waals surface area contributed by atoms with Gasteiger partial charge in [0.25, 0.3) is 0 Å². The fourth-order valence-electron chi connectivity index (χ4n) is 6.42. The number of sulfonamides is 1. The van der Waals surface area contributed by atoms with Crippen LogP contribution < -0.4 is 14.8 Å². The Hall–Kier alpha value is -5.03. The molecule has 2 fully saturated rings. The van der Waals surface area contributed by atoms with Gasteiger partial charge in [-0.15, -0.1) is 0 Å². The van der Waals surface area contributed by atoms with Crippen LogP contribution in [-0.2, 0) is 33.4 Å². The molecular formula is C40H39N3O6S. The Bertz CT molecular complexity index is 2050. The van der Waals surface area contributed by atoms with Crippen molar-refractivity contribution in [1.82, 2.24) is 9.29 Å². The van der Waals surface area contributed by atoms with Gasteiger partial charge in [0.05, 0.1) is 22.6 Å². The van der Waals surface area contributed by atoms with Gasteiger partial charge >= 0.3 is 0 Å². The van der Waals surface area contributed by atoms with Gasteiger partial charge in [0.1, 0.15) is 19.0 Å². The molecule has 1 aliphatic carbocycles. The number of ether oxygens (including phenoxy) is 2. The van der Waals surface area contributed by atoms with E-state index in [1.54, 1.807) is 30.3 Å². The van der Waals surface area contributed by atoms with Crippen molar-refractivity contribution in [1.29, 1.82) is 0 Å². The SMILES string of the molecule is O=C(Nc1cccc(-c2ccc(S(=O)(=O)N3CCC[C@@H]3CO)cc2)n1)C1(c2ccc(OCc3ccccc3)c(OCc3ccccc3)c2)CC1. The van der Waals surface area contributed by atoms with Gasteiger partial charge in [-0.05, 0) is 78.8 Å². The first-order chi connectivity index (χ1) is 24.4. The molecule has 9 nitrogen and oxygen atoms in total. The molecule has 1 aliphatic heterocycles. The van der Waals surface area contributed by atoms with Crippen LogP contribution in [0.15, 0.2) is 126 Å². The minimum absolute atomic E-state index is 0.153. The molecule has 0 spiro atoms. The lowest BCUT2D eigenvalue weighted by atomic mass is 9.94. The minimum Gasteiger partial charge on any atom is -0.485 e. The Balaban J connectivity index is 1.07. The number of nitrogens with one attached hydrogen (secondary N) is 1. The third kappa shape index (κ3) is 7.14. The minimum atomic E-state index is -3.72. The maximum atomic E-state index is 13.9. The molecule has 1 amide bonds. The molecule has 1 saturated carbocycles. The zero-order valence-corrected chi connectivity index (χ0v) is 28.4. The molecular weight excluding hydrogens is 651 g/mol. The summed E-state index contributed by atoms with van der Waals surface area (Å²) in [5.74, 6) is 1.43. The molecule has 2 N–H and O–H groups in total. The van der Waals surface area contributed by atoms with Gasteiger partial charge in [-0.25, -0.2) is 13.4 Å². The van der Waals surface area contributed by atoms with E-state index < -0.39 is 21.5 Å². The van der Waals surface area contributed by atoms with Crippen LogP contribution in [0.5, 0.6) is 11.5 Å². The summed E-state index contributed by atoms with van der Waals surface area (Å²) in [5, 5.41) is 12.7. The van der Waals surface area contributed by atoms with Gasteiger partial charge in [0.15, 0.2) is 11.5 Å². The summed E-state index contributed by atoms with van der Waals surface area (Å²) in [6.45, 7) is 0.944. The third-order valence-corrected chi connectivity index (χ3v) is 11.4. The summed E-state index contributed by atoms with van der Waals surface area (Å²) in [7, 11) is -3.72. The van der Waals surface area contributed by atoms with Crippen LogP contribution in [0.1, 0.15) is 42.4 Å². The third-order valence-electron chi connectivity index (χ3n) is 9.44. The normalized spacial score (nSPS) is 16.9. The van der Waals surface area contributed by atoms with E-state index in [0.717, 1.165) is 23.1 Å². The van der Waals surface area contributed by atoms with Crippen LogP contribution in [0.4, 0.5) is 5.82 Å². The van der Waals surface area contributed by atoms with Crippen LogP contribution in [-0.4, -0.2) is 47.9 Å². The number of benzene rings is 4. The van der Waals surface area contributed by atoms with Gasteiger partial charge in [-0.1, -0.05) is 84.9 Å². The summed E-state index contributed by atoms with van der Waals surface area (Å²) in [5.41, 5.74) is 3.50. The molecule has 10 heteroatoms. The van der Waals surface area contributed by atoms with Gasteiger partial charge in [0.2, 0.25) is 15.9 Å². The molecule has 4 aromatic carbocycles. The second-order valence-corrected chi connectivity index (χ2v) is 14.7. The average Bonchev–Trinajstić information content (AvgIpc) is 3.83. The summed E-state index contributed by atoms with van der Waals surface area (Å²) in [4.78, 5) is 18.7. The number of aliphatic hydroxyl groups excluding tert-OH is 1. The summed E-state index contributed by atoms with van der Waals surface area (Å²) < 4.78 is 40.3. The van der Waals surface area contributed by atoms with Gasteiger partial charge in [-0.2, -0.15) is 4.31 Å². The van der Waals surface area contributed by atoms with Gasteiger partial charge in [0, 0.05) is 18.2 Å². The number of anilines is 1. The molecule has 0 bridgehead atoms. The fourth-order valence-corrected chi connectivity index (χ4v) is 8.11. The zero-order chi connectivity index (χ0) is 34.6. The second-order valence-electron chi connectivity index (χ2n) is 12.8. The number of carbonyl (C=O) groups excluding carboxylic acids is 1. The standard InChI is InChI=1S/C40H39N3O6S/c44-26-33-13-8-24-43(33)50(46,47)34-19-16-31(17-20-34)35-14-7-15-38(41-35)42-39(45)40(22-23-40)32-18-21-36(48-27-29-9-3-1-4-10-29)37(25-32)49-28-30-11-5-2-6-12-30/h1-7,9-12,14-21,25,33,44H,8,13,22-24,26-28H2,(H,41,42,45)/t33-/m1/s1. The molecule has 7 rings (SSSR count). The lowest BCUT2D eigenvalue weighted by Gasteiger charge is -2.22. The van der Waals surface area contributed by atoms with Crippen LogP contribution in [0.2, 0.25) is 0 Å². The highest BCUT2D eigenvalue weighted by Crippen LogP contribution is 2.51. The summed E-state index contributed by atoms with van der Waals surface area (Å²) in [6.07, 6.45) is 2.75. The first-order valence-electron chi connectivity index (χ1n) is 16.9. The molecule has 0 radical (unpaired) electrons. The quantitative estimate of drug-likeness (QED) is 0.141. The summed E-state index contributed by atoms with van der Waals surface area (Å²) >= 11 is 0. The zero-order valence-electron chi connectivity index (χ0n) is 27.6. The van der Waals surface area contributed by atoms with Crippen molar-refractivity contribution in [2.45, 2.75) is 55.2 Å². The maximum absolute atomic E-state index is 13.9. The van der Waals surface area contributed by atoms with Crippen LogP contribution in [0.3, 0.4) is 0 Å². The van der Waals surface area contributed by atoms with E-state index in [0.29, 0.717) is 67.6 Å². The van der Waals surface area contributed by atoms with E-state index >= 15 is 0 Å². The Labute approximate surface area is 292 Å². The predicted molar refractivity (Wildman–Crippen MR) is 191 cm³/mol. The van der Waals surface area contributed by atoms with Gasteiger partial charge in [-0.3, -0.25) is 4.79 Å². The Morgan fingerprint density at radius 2 is 1.48 bits per heavy atom. The van der Waals surface area contributed by atoms with Gasteiger partial charge < -0.3 is 19.9 Å². The van der Waals surface area contributed by atoms with Crippen molar-refractivity contribution < 1.29 is 27.8 Å². The molecule has 5 aromatic rings. The first kappa shape index (κ1) is 33.5. The number of carbonyl (C=O) groups is 1. The van der Waals surface area contributed by atoms with Crippen molar-refractivity contribution in [3.05, 3.63) is 138 Å². The maximum Gasteiger partial charge on any atom is 0.243 e. The highest BCUT2D eigenvalue weighted by atomic mass is 32.2. The number of rotatable bonds is 13. The molecule has 1 atom stereocenters. The topological polar surface area (TPSA) is 118 Å². The van der Waals surface area contributed by atoms with Crippen LogP contribution in [0.25, 0.3) is 11.3 Å². The van der Waals surface area contributed by atoms with Crippen molar-refractivity contribution in [2.24, 2.45) is 0 Å². The predicted octanol–water partition coefficient (Wildman–Crippen LogP) is 6.72. The van der Waals surface area contributed by atoms with Crippen molar-refractivity contribution >= 4 is 21.7 Å². The molecule has 50 heavy (non-hydrogen) atoms. The monoisotopic (exact) mass is 689 g/mol. The van der Waals surface area contributed by atoms with E-state index in [-0.39, 0.29) is 17.4 Å².